The molecular formula is C33H50N8O7. The smallest absolute Gasteiger partial charge is 0.341 e. The summed E-state index contributed by atoms with van der Waals surface area (Å²) in [5, 5.41) is 24.8. The quantitative estimate of drug-likeness (QED) is 0.211. The van der Waals surface area contributed by atoms with Crippen molar-refractivity contribution in [3.8, 4) is 0 Å². The van der Waals surface area contributed by atoms with Crippen LogP contribution in [0.1, 0.15) is 115 Å². The van der Waals surface area contributed by atoms with Gasteiger partial charge in [-0.3, -0.25) is 19.2 Å². The fraction of sp³-hybridized carbons (Fsp3) is 0.758. The molecule has 0 spiro atoms. The molecule has 0 aromatic carbocycles. The number of aromatic nitrogens is 3. The second-order valence-corrected chi connectivity index (χ2v) is 14.4. The van der Waals surface area contributed by atoms with Crippen LogP contribution in [-0.2, 0) is 29.5 Å². The molecule has 1 aromatic heterocycles. The standard InChI is InChI=1S/C33H50N8O7/c1-32(2,47)26-19-35-39-41(26)23-18-25(29(44)38-33(27(42)28(34)43)13-15-48-16-14-33)40(20-23)30(45)24(17-21-9-5-3-6-10-21)37-31(46)36-22-11-7-4-8-12-22/h19,21-23,25,47H,3-18,20H2,1-2H3,(H2,34,43)(H,36,46)(H,38,44)/b37-24+/t23-,25-/m0/s1. The largest absolute Gasteiger partial charge is 0.384 e. The molecule has 2 saturated heterocycles. The molecule has 4 aliphatic rings. The summed E-state index contributed by atoms with van der Waals surface area (Å²) in [5.41, 5.74) is 3.00. The molecular weight excluding hydrogens is 620 g/mol. The average Bonchev–Trinajstić information content (AvgIpc) is 3.74. The number of amides is 5. The normalized spacial score (nSPS) is 24.2. The van der Waals surface area contributed by atoms with Crippen LogP contribution >= 0.6 is 0 Å². The zero-order chi connectivity index (χ0) is 34.5. The Morgan fingerprint density at radius 2 is 1.69 bits per heavy atom. The minimum absolute atomic E-state index is 0.00162. The van der Waals surface area contributed by atoms with Crippen molar-refractivity contribution in [3.63, 3.8) is 0 Å². The summed E-state index contributed by atoms with van der Waals surface area (Å²) < 4.78 is 6.92. The van der Waals surface area contributed by atoms with Crippen LogP contribution in [0.3, 0.4) is 0 Å². The number of urea groups is 1. The van der Waals surface area contributed by atoms with E-state index in [2.05, 4.69) is 25.9 Å². The van der Waals surface area contributed by atoms with Gasteiger partial charge < -0.3 is 31.1 Å². The molecule has 264 valence electrons. The average molecular weight is 671 g/mol. The molecule has 15 nitrogen and oxygen atoms in total. The van der Waals surface area contributed by atoms with Crippen LogP contribution in [0.25, 0.3) is 0 Å². The Kier molecular flexibility index (Phi) is 11.3. The zero-order valence-electron chi connectivity index (χ0n) is 28.1. The number of carbonyl (C=O) groups is 5. The number of rotatable bonds is 10. The first-order chi connectivity index (χ1) is 22.9. The predicted molar refractivity (Wildman–Crippen MR) is 174 cm³/mol. The highest BCUT2D eigenvalue weighted by Gasteiger charge is 2.49. The minimum Gasteiger partial charge on any atom is -0.384 e. The van der Waals surface area contributed by atoms with Gasteiger partial charge in [0.1, 0.15) is 22.9 Å². The molecule has 48 heavy (non-hydrogen) atoms. The van der Waals surface area contributed by atoms with Crippen molar-refractivity contribution in [1.82, 2.24) is 30.5 Å². The Morgan fingerprint density at radius 1 is 1.04 bits per heavy atom. The van der Waals surface area contributed by atoms with Gasteiger partial charge in [0.05, 0.1) is 17.9 Å². The maximum absolute atomic E-state index is 14.6. The van der Waals surface area contributed by atoms with Crippen molar-refractivity contribution in [1.29, 1.82) is 0 Å². The number of ketones is 1. The first kappa shape index (κ1) is 35.6. The van der Waals surface area contributed by atoms with Crippen LogP contribution in [0.2, 0.25) is 0 Å². The van der Waals surface area contributed by atoms with E-state index in [0.29, 0.717) is 12.1 Å². The second-order valence-electron chi connectivity index (χ2n) is 14.4. The number of carbonyl (C=O) groups excluding carboxylic acids is 5. The van der Waals surface area contributed by atoms with E-state index in [1.54, 1.807) is 13.8 Å². The molecule has 5 amide bonds. The lowest BCUT2D eigenvalue weighted by Gasteiger charge is -2.37. The lowest BCUT2D eigenvalue weighted by Crippen LogP contribution is -2.63. The van der Waals surface area contributed by atoms with Crippen molar-refractivity contribution in [2.24, 2.45) is 16.6 Å². The Hall–Kier alpha value is -3.72. The Balaban J connectivity index is 1.47. The molecule has 2 saturated carbocycles. The number of primary amides is 1. The van der Waals surface area contributed by atoms with E-state index in [1.807, 2.05) is 0 Å². The molecule has 4 fully saturated rings. The van der Waals surface area contributed by atoms with Crippen LogP contribution in [0.4, 0.5) is 4.79 Å². The van der Waals surface area contributed by atoms with E-state index >= 15 is 0 Å². The van der Waals surface area contributed by atoms with Gasteiger partial charge in [0.15, 0.2) is 0 Å². The number of ether oxygens (including phenoxy) is 1. The van der Waals surface area contributed by atoms with Gasteiger partial charge >= 0.3 is 6.03 Å². The summed E-state index contributed by atoms with van der Waals surface area (Å²) in [5.74, 6) is -3.11. The van der Waals surface area contributed by atoms with E-state index < -0.39 is 52.8 Å². The molecule has 2 atom stereocenters. The number of aliphatic hydroxyl groups is 1. The molecule has 2 aliphatic carbocycles. The number of aliphatic imine (C=N–C) groups is 1. The number of nitrogens with one attached hydrogen (secondary N) is 2. The summed E-state index contributed by atoms with van der Waals surface area (Å²) in [6, 6.07) is -2.24. The third-order valence-corrected chi connectivity index (χ3v) is 10.4. The van der Waals surface area contributed by atoms with Gasteiger partial charge in [-0.1, -0.05) is 56.6 Å². The highest BCUT2D eigenvalue weighted by atomic mass is 16.5. The van der Waals surface area contributed by atoms with Crippen molar-refractivity contribution in [2.45, 2.75) is 133 Å². The number of likely N-dealkylation sites (tertiary alicyclic amines) is 1. The Bertz CT molecular complexity index is 1380. The molecule has 15 heteroatoms. The van der Waals surface area contributed by atoms with Crippen molar-refractivity contribution in [2.75, 3.05) is 19.8 Å². The molecule has 0 radical (unpaired) electrons. The maximum Gasteiger partial charge on any atom is 0.341 e. The van der Waals surface area contributed by atoms with E-state index in [4.69, 9.17) is 10.5 Å². The maximum atomic E-state index is 14.6. The van der Waals surface area contributed by atoms with E-state index in [9.17, 15) is 29.1 Å². The van der Waals surface area contributed by atoms with Gasteiger partial charge in [0, 0.05) is 45.1 Å². The molecule has 2 aliphatic heterocycles. The van der Waals surface area contributed by atoms with Gasteiger partial charge in [0.25, 0.3) is 11.8 Å². The van der Waals surface area contributed by atoms with Crippen LogP contribution in [0.5, 0.6) is 0 Å². The van der Waals surface area contributed by atoms with Crippen LogP contribution in [0.15, 0.2) is 11.2 Å². The van der Waals surface area contributed by atoms with Gasteiger partial charge in [-0.15, -0.1) is 5.10 Å². The van der Waals surface area contributed by atoms with Crippen LogP contribution in [-0.4, -0.2) is 97.6 Å². The van der Waals surface area contributed by atoms with Crippen molar-refractivity contribution >= 4 is 35.2 Å². The zero-order valence-corrected chi connectivity index (χ0v) is 28.1. The number of Topliss-reactive ketones (excluding diaryl/α,β-unsaturated/α-hetero) is 1. The Labute approximate surface area is 280 Å². The summed E-state index contributed by atoms with van der Waals surface area (Å²) in [4.78, 5) is 72.9. The van der Waals surface area contributed by atoms with E-state index in [0.717, 1.165) is 64.2 Å². The summed E-state index contributed by atoms with van der Waals surface area (Å²) in [7, 11) is 0. The molecule has 5 rings (SSSR count). The van der Waals surface area contributed by atoms with E-state index in [1.165, 1.54) is 15.8 Å². The molecule has 0 bridgehead atoms. The van der Waals surface area contributed by atoms with Gasteiger partial charge in [0.2, 0.25) is 11.7 Å². The molecule has 0 unspecified atom stereocenters. The highest BCUT2D eigenvalue weighted by Crippen LogP contribution is 2.34. The molecule has 1 aromatic rings. The van der Waals surface area contributed by atoms with Gasteiger partial charge in [-0.05, 0) is 39.0 Å². The van der Waals surface area contributed by atoms with Crippen molar-refractivity contribution < 1.29 is 33.8 Å². The number of nitrogens with zero attached hydrogens (tertiary/aromatic N) is 5. The fourth-order valence-corrected chi connectivity index (χ4v) is 7.69. The first-order valence-corrected chi connectivity index (χ1v) is 17.4. The lowest BCUT2D eigenvalue weighted by atomic mass is 9.84. The Morgan fingerprint density at radius 3 is 2.31 bits per heavy atom. The number of nitrogens with two attached hydrogens (primary N) is 1. The predicted octanol–water partition coefficient (Wildman–Crippen LogP) is 1.82. The van der Waals surface area contributed by atoms with Gasteiger partial charge in [-0.25, -0.2) is 9.48 Å². The molecule has 3 heterocycles. The van der Waals surface area contributed by atoms with Crippen LogP contribution < -0.4 is 16.4 Å². The van der Waals surface area contributed by atoms with Crippen LogP contribution in [0, 0.1) is 5.92 Å². The summed E-state index contributed by atoms with van der Waals surface area (Å²) in [6.07, 6.45) is 11.8. The number of hydrogen-bond donors (Lipinski definition) is 4. The highest BCUT2D eigenvalue weighted by molar-refractivity contribution is 6.41. The summed E-state index contributed by atoms with van der Waals surface area (Å²) >= 11 is 0. The van der Waals surface area contributed by atoms with E-state index in [-0.39, 0.29) is 56.7 Å². The van der Waals surface area contributed by atoms with Gasteiger partial charge in [-0.2, -0.15) is 4.99 Å². The minimum atomic E-state index is -1.57. The first-order valence-electron chi connectivity index (χ1n) is 17.4. The topological polar surface area (TPSA) is 211 Å². The second kappa shape index (κ2) is 15.2. The lowest BCUT2D eigenvalue weighted by molar-refractivity contribution is -0.146. The number of hydrogen-bond acceptors (Lipinski definition) is 9. The fourth-order valence-electron chi connectivity index (χ4n) is 7.69. The van der Waals surface area contributed by atoms with Crippen molar-refractivity contribution in [3.05, 3.63) is 11.9 Å². The third kappa shape index (κ3) is 8.28. The molecule has 5 N–H and O–H groups in total. The third-order valence-electron chi connectivity index (χ3n) is 10.4. The monoisotopic (exact) mass is 670 g/mol. The SMILES string of the molecule is CC(C)(O)c1cnnn1[C@H]1C[C@@H](C(=O)NC2(C(=O)C(N)=O)CCOCC2)N(C(=O)/C(CC2CCCCC2)=N/C(=O)NC2CCCCC2)C1. The summed E-state index contributed by atoms with van der Waals surface area (Å²) in [6.45, 7) is 3.47.